The van der Waals surface area contributed by atoms with Crippen molar-refractivity contribution in [3.05, 3.63) is 33.1 Å². The van der Waals surface area contributed by atoms with Crippen LogP contribution in [-0.4, -0.2) is 19.9 Å². The predicted molar refractivity (Wildman–Crippen MR) is 79.4 cm³/mol. The summed E-state index contributed by atoms with van der Waals surface area (Å²) in [5, 5.41) is 2.93. The van der Waals surface area contributed by atoms with Crippen LogP contribution in [0.3, 0.4) is 0 Å². The summed E-state index contributed by atoms with van der Waals surface area (Å²) in [5.41, 5.74) is 0.980. The van der Waals surface area contributed by atoms with Crippen LogP contribution < -0.4 is 4.72 Å². The molecule has 0 aliphatic heterocycles. The third-order valence-corrected chi connectivity index (χ3v) is 6.76. The van der Waals surface area contributed by atoms with Crippen LogP contribution in [0.15, 0.2) is 21.7 Å². The second kappa shape index (κ2) is 6.13. The third-order valence-electron chi connectivity index (χ3n) is 2.55. The Morgan fingerprint density at radius 2 is 2.16 bits per heavy atom. The van der Waals surface area contributed by atoms with Crippen molar-refractivity contribution in [1.29, 1.82) is 0 Å². The molecule has 0 unspecified atom stereocenters. The summed E-state index contributed by atoms with van der Waals surface area (Å²) in [4.78, 5) is 5.39. The van der Waals surface area contributed by atoms with Gasteiger partial charge in [0, 0.05) is 28.9 Å². The fourth-order valence-electron chi connectivity index (χ4n) is 1.57. The monoisotopic (exact) mass is 316 g/mol. The average Bonchev–Trinajstić information content (AvgIpc) is 2.98. The summed E-state index contributed by atoms with van der Waals surface area (Å²) in [7, 11) is -3.37. The molecule has 0 fully saturated rings. The van der Waals surface area contributed by atoms with E-state index in [0.717, 1.165) is 22.0 Å². The molecule has 104 valence electrons. The molecule has 0 aliphatic carbocycles. The molecule has 0 aliphatic rings. The van der Waals surface area contributed by atoms with Gasteiger partial charge in [0.1, 0.15) is 4.21 Å². The SMILES string of the molecule is CCc1ccc(S(=O)(=O)NCCc2nc(C)cs2)s1. The van der Waals surface area contributed by atoms with Crippen LogP contribution in [0.25, 0.3) is 0 Å². The minimum absolute atomic E-state index is 0.384. The lowest BCUT2D eigenvalue weighted by atomic mass is 10.4. The molecule has 0 bridgehead atoms. The van der Waals surface area contributed by atoms with E-state index in [2.05, 4.69) is 9.71 Å². The Labute approximate surface area is 121 Å². The second-order valence-electron chi connectivity index (χ2n) is 4.10. The van der Waals surface area contributed by atoms with E-state index >= 15 is 0 Å². The van der Waals surface area contributed by atoms with Crippen molar-refractivity contribution >= 4 is 32.7 Å². The Kier molecular flexibility index (Phi) is 4.72. The lowest BCUT2D eigenvalue weighted by molar-refractivity contribution is 0.583. The van der Waals surface area contributed by atoms with Crippen LogP contribution in [0.1, 0.15) is 22.5 Å². The zero-order valence-corrected chi connectivity index (χ0v) is 13.3. The molecule has 0 spiro atoms. The van der Waals surface area contributed by atoms with Crippen LogP contribution in [0, 0.1) is 6.92 Å². The quantitative estimate of drug-likeness (QED) is 0.891. The second-order valence-corrected chi connectivity index (χ2v) is 8.21. The van der Waals surface area contributed by atoms with Gasteiger partial charge in [-0.2, -0.15) is 0 Å². The number of aryl methyl sites for hydroxylation is 2. The molecule has 2 aromatic heterocycles. The molecular weight excluding hydrogens is 300 g/mol. The molecular formula is C12H16N2O2S3. The molecule has 2 rings (SSSR count). The van der Waals surface area contributed by atoms with Crippen molar-refractivity contribution in [2.45, 2.75) is 30.9 Å². The van der Waals surface area contributed by atoms with Gasteiger partial charge in [-0.15, -0.1) is 22.7 Å². The normalized spacial score (nSPS) is 11.9. The number of nitrogens with one attached hydrogen (secondary N) is 1. The Morgan fingerprint density at radius 3 is 2.74 bits per heavy atom. The minimum Gasteiger partial charge on any atom is -0.247 e. The summed E-state index contributed by atoms with van der Waals surface area (Å²) in [5.74, 6) is 0. The highest BCUT2D eigenvalue weighted by Gasteiger charge is 2.16. The van der Waals surface area contributed by atoms with Gasteiger partial charge < -0.3 is 0 Å². The molecule has 0 aromatic carbocycles. The average molecular weight is 316 g/mol. The van der Waals surface area contributed by atoms with Crippen molar-refractivity contribution in [2.75, 3.05) is 6.54 Å². The van der Waals surface area contributed by atoms with Crippen LogP contribution in [0.4, 0.5) is 0 Å². The molecule has 0 amide bonds. The van der Waals surface area contributed by atoms with Gasteiger partial charge in [-0.3, -0.25) is 0 Å². The standard InChI is InChI=1S/C12H16N2O2S3/c1-3-10-4-5-12(18-10)19(15,16)13-7-6-11-14-9(2)8-17-11/h4-5,8,13H,3,6-7H2,1-2H3. The number of hydrogen-bond donors (Lipinski definition) is 1. The van der Waals surface area contributed by atoms with E-state index in [0.29, 0.717) is 17.2 Å². The number of sulfonamides is 1. The van der Waals surface area contributed by atoms with Gasteiger partial charge in [0.15, 0.2) is 0 Å². The first-order valence-corrected chi connectivity index (χ1v) is 9.18. The van der Waals surface area contributed by atoms with Gasteiger partial charge in [-0.05, 0) is 25.5 Å². The molecule has 7 heteroatoms. The summed E-state index contributed by atoms with van der Waals surface area (Å²) in [6.45, 7) is 4.33. The third kappa shape index (κ3) is 3.85. The van der Waals surface area contributed by atoms with Crippen LogP contribution in [-0.2, 0) is 22.9 Å². The molecule has 0 saturated heterocycles. The molecule has 0 saturated carbocycles. The summed E-state index contributed by atoms with van der Waals surface area (Å²) in [6, 6.07) is 3.53. The van der Waals surface area contributed by atoms with E-state index in [1.165, 1.54) is 11.3 Å². The number of rotatable bonds is 6. The van der Waals surface area contributed by atoms with E-state index < -0.39 is 10.0 Å². The van der Waals surface area contributed by atoms with Crippen molar-refractivity contribution in [1.82, 2.24) is 9.71 Å². The van der Waals surface area contributed by atoms with Crippen LogP contribution in [0.5, 0.6) is 0 Å². The zero-order valence-electron chi connectivity index (χ0n) is 10.8. The molecule has 1 N–H and O–H groups in total. The van der Waals surface area contributed by atoms with Crippen molar-refractivity contribution in [3.8, 4) is 0 Å². The Hall–Kier alpha value is -0.760. The Morgan fingerprint density at radius 1 is 1.37 bits per heavy atom. The fraction of sp³-hybridized carbons (Fsp3) is 0.417. The molecule has 0 radical (unpaired) electrons. The number of hydrogen-bond acceptors (Lipinski definition) is 5. The van der Waals surface area contributed by atoms with E-state index in [1.807, 2.05) is 25.3 Å². The molecule has 2 heterocycles. The maximum Gasteiger partial charge on any atom is 0.250 e. The van der Waals surface area contributed by atoms with Crippen LogP contribution >= 0.6 is 22.7 Å². The highest BCUT2D eigenvalue weighted by molar-refractivity contribution is 7.91. The highest BCUT2D eigenvalue weighted by Crippen LogP contribution is 2.21. The fourth-order valence-corrected chi connectivity index (χ4v) is 4.72. The van der Waals surface area contributed by atoms with Gasteiger partial charge in [0.2, 0.25) is 10.0 Å². The first-order valence-electron chi connectivity index (χ1n) is 6.00. The zero-order chi connectivity index (χ0) is 13.9. The number of thiazole rings is 1. The summed E-state index contributed by atoms with van der Waals surface area (Å²) in [6.07, 6.45) is 1.49. The Bertz CT molecular complexity index is 643. The van der Waals surface area contributed by atoms with Crippen molar-refractivity contribution in [3.63, 3.8) is 0 Å². The maximum atomic E-state index is 12.0. The number of nitrogens with zero attached hydrogens (tertiary/aromatic N) is 1. The van der Waals surface area contributed by atoms with E-state index in [9.17, 15) is 8.42 Å². The molecule has 4 nitrogen and oxygen atoms in total. The smallest absolute Gasteiger partial charge is 0.247 e. The Balaban J connectivity index is 1.94. The summed E-state index contributed by atoms with van der Waals surface area (Å²) < 4.78 is 27.1. The number of aromatic nitrogens is 1. The minimum atomic E-state index is -3.37. The largest absolute Gasteiger partial charge is 0.250 e. The topological polar surface area (TPSA) is 59.1 Å². The lowest BCUT2D eigenvalue weighted by Gasteiger charge is -2.03. The van der Waals surface area contributed by atoms with Crippen molar-refractivity contribution < 1.29 is 8.42 Å². The first-order chi connectivity index (χ1) is 9.01. The summed E-state index contributed by atoms with van der Waals surface area (Å²) >= 11 is 2.89. The van der Waals surface area contributed by atoms with E-state index in [4.69, 9.17) is 0 Å². The molecule has 0 atom stereocenters. The van der Waals surface area contributed by atoms with Crippen LogP contribution in [0.2, 0.25) is 0 Å². The maximum absolute atomic E-state index is 12.0. The number of thiophene rings is 1. The van der Waals surface area contributed by atoms with Gasteiger partial charge in [-0.1, -0.05) is 6.92 Å². The van der Waals surface area contributed by atoms with Gasteiger partial charge in [0.05, 0.1) is 5.01 Å². The van der Waals surface area contributed by atoms with Gasteiger partial charge in [-0.25, -0.2) is 18.1 Å². The molecule has 19 heavy (non-hydrogen) atoms. The van der Waals surface area contributed by atoms with Gasteiger partial charge in [0.25, 0.3) is 0 Å². The van der Waals surface area contributed by atoms with Gasteiger partial charge >= 0.3 is 0 Å². The van der Waals surface area contributed by atoms with Crippen molar-refractivity contribution in [2.24, 2.45) is 0 Å². The lowest BCUT2D eigenvalue weighted by Crippen LogP contribution is -2.25. The van der Waals surface area contributed by atoms with E-state index in [1.54, 1.807) is 17.4 Å². The molecule has 2 aromatic rings. The van der Waals surface area contributed by atoms with E-state index in [-0.39, 0.29) is 0 Å². The highest BCUT2D eigenvalue weighted by atomic mass is 32.2. The predicted octanol–water partition coefficient (Wildman–Crippen LogP) is 2.60. The first kappa shape index (κ1) is 14.6.